The van der Waals surface area contributed by atoms with Gasteiger partial charge in [0.05, 0.1) is 4.90 Å². The van der Waals surface area contributed by atoms with Crippen molar-refractivity contribution in [3.63, 3.8) is 0 Å². The number of halogens is 3. The SMILES string of the molecule is O=S(=O)(O)c1ccccc1CCC(F)(F)F.[H-].[Na+]. The number of alkyl halides is 3. The molecule has 0 aromatic heterocycles. The Morgan fingerprint density at radius 3 is 2.24 bits per heavy atom. The Balaban J connectivity index is 0. The standard InChI is InChI=1S/C9H9F3O3S.Na.H/c10-9(11,12)6-5-7-3-1-2-4-8(7)16(13,14)15;;/h1-4H,5-6H2,(H,13,14,15);;/q;+1;-1. The van der Waals surface area contributed by atoms with E-state index in [2.05, 4.69) is 0 Å². The van der Waals surface area contributed by atoms with Gasteiger partial charge in [-0.1, -0.05) is 18.2 Å². The zero-order valence-electron chi connectivity index (χ0n) is 10.0. The molecule has 0 spiro atoms. The Bertz CT molecular complexity index is 476. The number of benzene rings is 1. The van der Waals surface area contributed by atoms with Gasteiger partial charge in [0.25, 0.3) is 10.1 Å². The first-order chi connectivity index (χ1) is 7.20. The summed E-state index contributed by atoms with van der Waals surface area (Å²) in [7, 11) is -4.47. The molecule has 1 rings (SSSR count). The molecule has 1 aromatic rings. The van der Waals surface area contributed by atoms with Crippen molar-refractivity contribution in [1.82, 2.24) is 0 Å². The molecule has 3 nitrogen and oxygen atoms in total. The first-order valence-electron chi connectivity index (χ1n) is 4.32. The molecule has 0 aliphatic carbocycles. The first-order valence-corrected chi connectivity index (χ1v) is 5.76. The second-order valence-electron chi connectivity index (χ2n) is 3.20. The summed E-state index contributed by atoms with van der Waals surface area (Å²) >= 11 is 0. The van der Waals surface area contributed by atoms with Gasteiger partial charge in [0.1, 0.15) is 0 Å². The molecular formula is C9H10F3NaO3S. The van der Waals surface area contributed by atoms with Crippen LogP contribution in [0.25, 0.3) is 0 Å². The Kier molecular flexibility index (Phi) is 6.16. The van der Waals surface area contributed by atoms with E-state index in [1.54, 1.807) is 0 Å². The van der Waals surface area contributed by atoms with Crippen molar-refractivity contribution in [2.24, 2.45) is 0 Å². The van der Waals surface area contributed by atoms with E-state index >= 15 is 0 Å². The van der Waals surface area contributed by atoms with Crippen molar-refractivity contribution in [3.8, 4) is 0 Å². The molecule has 1 N–H and O–H groups in total. The maximum atomic E-state index is 12.0. The van der Waals surface area contributed by atoms with E-state index in [1.807, 2.05) is 0 Å². The van der Waals surface area contributed by atoms with Crippen molar-refractivity contribution < 1.29 is 57.1 Å². The Labute approximate surface area is 121 Å². The summed E-state index contributed by atoms with van der Waals surface area (Å²) in [5.74, 6) is 0. The summed E-state index contributed by atoms with van der Waals surface area (Å²) in [6.07, 6.45) is -5.95. The van der Waals surface area contributed by atoms with Crippen LogP contribution in [0.5, 0.6) is 0 Å². The zero-order valence-corrected chi connectivity index (χ0v) is 11.8. The third-order valence-corrected chi connectivity index (χ3v) is 2.88. The van der Waals surface area contributed by atoms with Crippen LogP contribution < -0.4 is 29.6 Å². The van der Waals surface area contributed by atoms with E-state index in [-0.39, 0.29) is 36.5 Å². The number of aryl methyl sites for hydroxylation is 1. The average molecular weight is 278 g/mol. The second-order valence-corrected chi connectivity index (χ2v) is 4.59. The van der Waals surface area contributed by atoms with Crippen LogP contribution in [0.3, 0.4) is 0 Å². The molecule has 0 fully saturated rings. The molecule has 0 saturated heterocycles. The van der Waals surface area contributed by atoms with Gasteiger partial charge in [0.2, 0.25) is 0 Å². The molecule has 0 aliphatic rings. The second kappa shape index (κ2) is 6.19. The third-order valence-electron chi connectivity index (χ3n) is 1.93. The quantitative estimate of drug-likeness (QED) is 0.601. The third kappa shape index (κ3) is 5.87. The normalized spacial score (nSPS) is 12.0. The van der Waals surface area contributed by atoms with Crippen LogP contribution >= 0.6 is 0 Å². The minimum Gasteiger partial charge on any atom is -1.00 e. The molecule has 0 radical (unpaired) electrons. The van der Waals surface area contributed by atoms with Crippen LogP contribution in [0.4, 0.5) is 13.2 Å². The number of hydrogen-bond donors (Lipinski definition) is 1. The van der Waals surface area contributed by atoms with E-state index < -0.39 is 34.0 Å². The van der Waals surface area contributed by atoms with Gasteiger partial charge < -0.3 is 1.43 Å². The summed E-state index contributed by atoms with van der Waals surface area (Å²) in [6.45, 7) is 0. The minimum absolute atomic E-state index is 0. The molecule has 92 valence electrons. The predicted molar refractivity (Wildman–Crippen MR) is 51.7 cm³/mol. The number of rotatable bonds is 3. The van der Waals surface area contributed by atoms with E-state index in [0.29, 0.717) is 0 Å². The summed E-state index contributed by atoms with van der Waals surface area (Å²) in [5.41, 5.74) is -0.0395. The molecule has 1 aromatic carbocycles. The van der Waals surface area contributed by atoms with Crippen LogP contribution in [0.2, 0.25) is 0 Å². The fourth-order valence-electron chi connectivity index (χ4n) is 1.24. The molecule has 0 bridgehead atoms. The van der Waals surface area contributed by atoms with Gasteiger partial charge in [-0.25, -0.2) is 0 Å². The molecule has 8 heteroatoms. The average Bonchev–Trinajstić information content (AvgIpc) is 2.12. The fourth-order valence-corrected chi connectivity index (χ4v) is 1.99. The largest absolute Gasteiger partial charge is 1.00 e. The van der Waals surface area contributed by atoms with Gasteiger partial charge in [0.15, 0.2) is 0 Å². The van der Waals surface area contributed by atoms with Gasteiger partial charge in [-0.3, -0.25) is 4.55 Å². The van der Waals surface area contributed by atoms with Crippen LogP contribution in [-0.2, 0) is 16.5 Å². The Morgan fingerprint density at radius 2 is 1.76 bits per heavy atom. The topological polar surface area (TPSA) is 54.4 Å². The van der Waals surface area contributed by atoms with Crippen molar-refractivity contribution in [1.29, 1.82) is 0 Å². The summed E-state index contributed by atoms with van der Waals surface area (Å²) in [5, 5.41) is 0. The van der Waals surface area contributed by atoms with Gasteiger partial charge in [0, 0.05) is 6.42 Å². The van der Waals surface area contributed by atoms with Crippen molar-refractivity contribution in [2.75, 3.05) is 0 Å². The zero-order chi connectivity index (χ0) is 12.4. The molecule has 0 atom stereocenters. The maximum Gasteiger partial charge on any atom is 1.00 e. The van der Waals surface area contributed by atoms with Crippen molar-refractivity contribution >= 4 is 10.1 Å². The molecular weight excluding hydrogens is 268 g/mol. The van der Waals surface area contributed by atoms with Crippen LogP contribution in [0.1, 0.15) is 13.4 Å². The molecule has 17 heavy (non-hydrogen) atoms. The number of hydrogen-bond acceptors (Lipinski definition) is 2. The Morgan fingerprint density at radius 1 is 1.24 bits per heavy atom. The van der Waals surface area contributed by atoms with Gasteiger partial charge in [-0.05, 0) is 18.1 Å². The summed E-state index contributed by atoms with van der Waals surface area (Å²) in [4.78, 5) is -0.473. The van der Waals surface area contributed by atoms with Crippen LogP contribution in [0, 0.1) is 0 Å². The summed E-state index contributed by atoms with van der Waals surface area (Å²) in [6, 6.07) is 5.07. The molecule has 0 amide bonds. The van der Waals surface area contributed by atoms with E-state index in [1.165, 1.54) is 18.2 Å². The molecule has 0 unspecified atom stereocenters. The summed E-state index contributed by atoms with van der Waals surface area (Å²) < 4.78 is 66.4. The first kappa shape index (κ1) is 16.9. The van der Waals surface area contributed by atoms with Crippen LogP contribution in [0.15, 0.2) is 29.2 Å². The smallest absolute Gasteiger partial charge is 1.00 e. The maximum absolute atomic E-state index is 12.0. The fraction of sp³-hybridized carbons (Fsp3) is 0.333. The van der Waals surface area contributed by atoms with Crippen LogP contribution in [-0.4, -0.2) is 19.1 Å². The minimum atomic E-state index is -4.47. The van der Waals surface area contributed by atoms with Gasteiger partial charge in [-0.2, -0.15) is 21.6 Å². The van der Waals surface area contributed by atoms with E-state index in [9.17, 15) is 21.6 Å². The van der Waals surface area contributed by atoms with Gasteiger partial charge >= 0.3 is 35.7 Å². The van der Waals surface area contributed by atoms with E-state index in [4.69, 9.17) is 4.55 Å². The molecule has 0 saturated carbocycles. The van der Waals surface area contributed by atoms with Crippen molar-refractivity contribution in [2.45, 2.75) is 23.9 Å². The Hall–Kier alpha value is -0.0800. The molecule has 0 aliphatic heterocycles. The van der Waals surface area contributed by atoms with Crippen molar-refractivity contribution in [3.05, 3.63) is 29.8 Å². The molecule has 0 heterocycles. The van der Waals surface area contributed by atoms with Gasteiger partial charge in [-0.15, -0.1) is 0 Å². The monoisotopic (exact) mass is 278 g/mol. The predicted octanol–water partition coefficient (Wildman–Crippen LogP) is -0.455. The van der Waals surface area contributed by atoms with E-state index in [0.717, 1.165) is 6.07 Å².